The van der Waals surface area contributed by atoms with Crippen LogP contribution in [0.25, 0.3) is 16.7 Å². The highest BCUT2D eigenvalue weighted by molar-refractivity contribution is 7.99. The van der Waals surface area contributed by atoms with Crippen molar-refractivity contribution in [1.29, 1.82) is 0 Å². The van der Waals surface area contributed by atoms with E-state index in [2.05, 4.69) is 16.8 Å². The predicted octanol–water partition coefficient (Wildman–Crippen LogP) is 3.21. The van der Waals surface area contributed by atoms with Gasteiger partial charge in [0.2, 0.25) is 5.78 Å². The minimum atomic E-state index is -0.151. The SMILES string of the molecule is C=CCn1c(=O)c2ccccc2n2c(SCC(=O)c3ccccc3OC)nnc12. The van der Waals surface area contributed by atoms with Crippen LogP contribution in [0.5, 0.6) is 5.75 Å². The van der Waals surface area contributed by atoms with Gasteiger partial charge in [-0.05, 0) is 24.3 Å². The van der Waals surface area contributed by atoms with Crippen LogP contribution >= 0.6 is 11.8 Å². The Kier molecular flexibility index (Phi) is 5.18. The van der Waals surface area contributed by atoms with E-state index in [-0.39, 0.29) is 17.1 Å². The summed E-state index contributed by atoms with van der Waals surface area (Å²) in [5.41, 5.74) is 1.07. The number of carbonyl (C=O) groups excluding carboxylic acids is 1. The normalized spacial score (nSPS) is 11.1. The van der Waals surface area contributed by atoms with Crippen LogP contribution in [0.1, 0.15) is 10.4 Å². The molecule has 0 N–H and O–H groups in total. The molecular weight excluding hydrogens is 388 g/mol. The fourth-order valence-corrected chi connectivity index (χ4v) is 4.03. The van der Waals surface area contributed by atoms with Crippen molar-refractivity contribution in [3.63, 3.8) is 0 Å². The standard InChI is InChI=1S/C21H18N4O3S/c1-3-12-24-19(27)14-8-4-6-10-16(14)25-20(24)22-23-21(25)29-13-17(26)15-9-5-7-11-18(15)28-2/h3-11H,1,12-13H2,2H3. The van der Waals surface area contributed by atoms with Crippen molar-refractivity contribution in [3.05, 3.63) is 77.1 Å². The Hall–Kier alpha value is -3.39. The minimum Gasteiger partial charge on any atom is -0.496 e. The second-order valence-electron chi connectivity index (χ2n) is 6.25. The quantitative estimate of drug-likeness (QED) is 0.266. The number of hydrogen-bond donors (Lipinski definition) is 0. The van der Waals surface area contributed by atoms with E-state index in [9.17, 15) is 9.59 Å². The Morgan fingerprint density at radius 3 is 2.72 bits per heavy atom. The zero-order valence-electron chi connectivity index (χ0n) is 15.7. The van der Waals surface area contributed by atoms with Gasteiger partial charge in [-0.1, -0.05) is 42.1 Å². The smallest absolute Gasteiger partial charge is 0.263 e. The molecule has 146 valence electrons. The number of benzene rings is 2. The van der Waals surface area contributed by atoms with Crippen LogP contribution in [0.2, 0.25) is 0 Å². The zero-order valence-corrected chi connectivity index (χ0v) is 16.6. The van der Waals surface area contributed by atoms with E-state index in [0.29, 0.717) is 39.7 Å². The average Bonchev–Trinajstić information content (AvgIpc) is 3.19. The molecule has 0 amide bonds. The van der Waals surface area contributed by atoms with Crippen LogP contribution in [-0.4, -0.2) is 37.8 Å². The van der Waals surface area contributed by atoms with E-state index in [0.717, 1.165) is 0 Å². The first-order chi connectivity index (χ1) is 14.2. The summed E-state index contributed by atoms with van der Waals surface area (Å²) in [6.45, 7) is 4.04. The molecule has 4 rings (SSSR count). The lowest BCUT2D eigenvalue weighted by atomic mass is 10.1. The summed E-state index contributed by atoms with van der Waals surface area (Å²) in [5.74, 6) is 1.04. The second-order valence-corrected chi connectivity index (χ2v) is 7.19. The molecule has 2 heterocycles. The summed E-state index contributed by atoms with van der Waals surface area (Å²) in [6, 6.07) is 14.4. The summed E-state index contributed by atoms with van der Waals surface area (Å²) < 4.78 is 8.60. The van der Waals surface area contributed by atoms with Gasteiger partial charge in [-0.2, -0.15) is 0 Å². The fraction of sp³-hybridized carbons (Fsp3) is 0.143. The van der Waals surface area contributed by atoms with E-state index in [4.69, 9.17) is 4.74 Å². The first-order valence-electron chi connectivity index (χ1n) is 8.92. The van der Waals surface area contributed by atoms with Crippen LogP contribution < -0.4 is 10.3 Å². The van der Waals surface area contributed by atoms with E-state index in [1.54, 1.807) is 34.7 Å². The van der Waals surface area contributed by atoms with Gasteiger partial charge in [-0.15, -0.1) is 16.8 Å². The number of methoxy groups -OCH3 is 1. The number of rotatable bonds is 7. The van der Waals surface area contributed by atoms with Gasteiger partial charge in [-0.3, -0.25) is 18.6 Å². The molecule has 2 aromatic heterocycles. The number of fused-ring (bicyclic) bond motifs is 3. The summed E-state index contributed by atoms with van der Waals surface area (Å²) in [7, 11) is 1.54. The van der Waals surface area contributed by atoms with Gasteiger partial charge in [0.25, 0.3) is 5.56 Å². The molecule has 29 heavy (non-hydrogen) atoms. The van der Waals surface area contributed by atoms with Crippen molar-refractivity contribution >= 4 is 34.2 Å². The van der Waals surface area contributed by atoms with E-state index < -0.39 is 0 Å². The predicted molar refractivity (Wildman–Crippen MR) is 113 cm³/mol. The van der Waals surface area contributed by atoms with Gasteiger partial charge in [0.1, 0.15) is 5.75 Å². The van der Waals surface area contributed by atoms with Crippen molar-refractivity contribution in [1.82, 2.24) is 19.2 Å². The van der Waals surface area contributed by atoms with Gasteiger partial charge in [0, 0.05) is 6.54 Å². The third-order valence-corrected chi connectivity index (χ3v) is 5.46. The van der Waals surface area contributed by atoms with Crippen molar-refractivity contribution in [2.45, 2.75) is 11.7 Å². The highest BCUT2D eigenvalue weighted by Crippen LogP contribution is 2.24. The number of ketones is 1. The molecule has 0 aliphatic rings. The molecule has 0 unspecified atom stereocenters. The Balaban J connectivity index is 1.76. The summed E-state index contributed by atoms with van der Waals surface area (Å²) in [5, 5.41) is 9.53. The zero-order chi connectivity index (χ0) is 20.4. The number of carbonyl (C=O) groups is 1. The van der Waals surface area contributed by atoms with E-state index in [1.807, 2.05) is 24.3 Å². The lowest BCUT2D eigenvalue weighted by Gasteiger charge is -2.10. The maximum atomic E-state index is 12.8. The molecule has 0 fully saturated rings. The maximum Gasteiger partial charge on any atom is 0.263 e. The van der Waals surface area contributed by atoms with Gasteiger partial charge in [0.05, 0.1) is 29.3 Å². The molecule has 0 radical (unpaired) electrons. The highest BCUT2D eigenvalue weighted by Gasteiger charge is 2.18. The summed E-state index contributed by atoms with van der Waals surface area (Å²) >= 11 is 1.27. The molecule has 0 spiro atoms. The topological polar surface area (TPSA) is 78.5 Å². The van der Waals surface area contributed by atoms with Gasteiger partial charge < -0.3 is 4.74 Å². The first-order valence-corrected chi connectivity index (χ1v) is 9.91. The van der Waals surface area contributed by atoms with Crippen LogP contribution in [0.15, 0.2) is 71.1 Å². The molecule has 0 bridgehead atoms. The molecule has 2 aromatic carbocycles. The van der Waals surface area contributed by atoms with Crippen LogP contribution in [0.3, 0.4) is 0 Å². The number of Topliss-reactive ketones (excluding diaryl/α,β-unsaturated/α-hetero) is 1. The largest absolute Gasteiger partial charge is 0.496 e. The third-order valence-electron chi connectivity index (χ3n) is 4.53. The molecule has 8 heteroatoms. The van der Waals surface area contributed by atoms with Crippen LogP contribution in [-0.2, 0) is 6.54 Å². The molecule has 0 aliphatic carbocycles. The number of nitrogens with zero attached hydrogens (tertiary/aromatic N) is 4. The molecule has 7 nitrogen and oxygen atoms in total. The maximum absolute atomic E-state index is 12.8. The molecular formula is C21H18N4O3S. The van der Waals surface area contributed by atoms with E-state index >= 15 is 0 Å². The Morgan fingerprint density at radius 1 is 1.17 bits per heavy atom. The number of para-hydroxylation sites is 2. The fourth-order valence-electron chi connectivity index (χ4n) is 3.20. The number of hydrogen-bond acceptors (Lipinski definition) is 6. The number of aromatic nitrogens is 4. The lowest BCUT2D eigenvalue weighted by Crippen LogP contribution is -2.22. The summed E-state index contributed by atoms with van der Waals surface area (Å²) in [4.78, 5) is 25.5. The van der Waals surface area contributed by atoms with E-state index in [1.165, 1.54) is 23.4 Å². The van der Waals surface area contributed by atoms with Crippen molar-refractivity contribution in [2.75, 3.05) is 12.9 Å². The number of thioether (sulfide) groups is 1. The Morgan fingerprint density at radius 2 is 1.93 bits per heavy atom. The Bertz CT molecular complexity index is 1290. The van der Waals surface area contributed by atoms with Crippen LogP contribution in [0.4, 0.5) is 0 Å². The lowest BCUT2D eigenvalue weighted by molar-refractivity contribution is 0.101. The molecule has 0 aliphatic heterocycles. The van der Waals surface area contributed by atoms with Crippen molar-refractivity contribution in [2.24, 2.45) is 0 Å². The molecule has 4 aromatic rings. The second kappa shape index (κ2) is 7.92. The first kappa shape index (κ1) is 18.9. The molecule has 0 atom stereocenters. The van der Waals surface area contributed by atoms with Crippen molar-refractivity contribution < 1.29 is 9.53 Å². The molecule has 0 saturated carbocycles. The molecule has 0 saturated heterocycles. The third kappa shape index (κ3) is 3.31. The van der Waals surface area contributed by atoms with Gasteiger partial charge in [-0.25, -0.2) is 0 Å². The summed E-state index contributed by atoms with van der Waals surface area (Å²) in [6.07, 6.45) is 1.64. The average molecular weight is 406 g/mol. The Labute approximate surface area is 170 Å². The monoisotopic (exact) mass is 406 g/mol. The number of allylic oxidation sites excluding steroid dienone is 1. The van der Waals surface area contributed by atoms with Gasteiger partial charge >= 0.3 is 0 Å². The van der Waals surface area contributed by atoms with Crippen LogP contribution in [0, 0.1) is 0 Å². The van der Waals surface area contributed by atoms with Crippen molar-refractivity contribution in [3.8, 4) is 5.75 Å². The van der Waals surface area contributed by atoms with Gasteiger partial charge in [0.15, 0.2) is 10.9 Å². The number of ether oxygens (including phenoxy) is 1. The minimum absolute atomic E-state index is 0.0760. The highest BCUT2D eigenvalue weighted by atomic mass is 32.2.